The number of nitrogens with one attached hydrogen (secondary N) is 1. The van der Waals surface area contributed by atoms with Gasteiger partial charge in [-0.3, -0.25) is 9.80 Å². The topological polar surface area (TPSA) is 18.5 Å². The number of hydrogen-bond donors (Lipinski definition) is 1. The highest BCUT2D eigenvalue weighted by atomic mass is 15.3. The molecule has 4 rings (SSSR count). The van der Waals surface area contributed by atoms with E-state index in [1.165, 1.54) is 44.3 Å². The van der Waals surface area contributed by atoms with E-state index in [9.17, 15) is 0 Å². The first kappa shape index (κ1) is 13.7. The Morgan fingerprint density at radius 3 is 2.76 bits per heavy atom. The molecule has 1 aliphatic carbocycles. The molecule has 3 nitrogen and oxygen atoms in total. The lowest BCUT2D eigenvalue weighted by Crippen LogP contribution is -2.46. The summed E-state index contributed by atoms with van der Waals surface area (Å²) in [5.41, 5.74) is 3.07. The van der Waals surface area contributed by atoms with Gasteiger partial charge in [-0.25, -0.2) is 0 Å². The van der Waals surface area contributed by atoms with E-state index in [1.54, 1.807) is 5.56 Å². The summed E-state index contributed by atoms with van der Waals surface area (Å²) < 4.78 is 0. The fourth-order valence-corrected chi connectivity index (χ4v) is 4.90. The van der Waals surface area contributed by atoms with Gasteiger partial charge in [-0.05, 0) is 50.9 Å². The molecule has 2 bridgehead atoms. The summed E-state index contributed by atoms with van der Waals surface area (Å²) >= 11 is 0. The Morgan fingerprint density at radius 1 is 1.10 bits per heavy atom. The first-order chi connectivity index (χ1) is 10.3. The molecule has 0 radical (unpaired) electrons. The van der Waals surface area contributed by atoms with Crippen LogP contribution in [0.25, 0.3) is 0 Å². The van der Waals surface area contributed by atoms with Crippen molar-refractivity contribution >= 4 is 0 Å². The lowest BCUT2D eigenvalue weighted by molar-refractivity contribution is 0.150. The molecule has 0 aromatic heterocycles. The first-order valence-electron chi connectivity index (χ1n) is 8.49. The van der Waals surface area contributed by atoms with Crippen LogP contribution in [0.4, 0.5) is 0 Å². The Labute approximate surface area is 128 Å². The van der Waals surface area contributed by atoms with Crippen LogP contribution < -0.4 is 5.32 Å². The van der Waals surface area contributed by atoms with Crippen molar-refractivity contribution in [2.75, 3.05) is 27.2 Å². The zero-order valence-electron chi connectivity index (χ0n) is 13.3. The second kappa shape index (κ2) is 5.38. The van der Waals surface area contributed by atoms with Gasteiger partial charge in [0.15, 0.2) is 0 Å². The Morgan fingerprint density at radius 2 is 1.90 bits per heavy atom. The van der Waals surface area contributed by atoms with E-state index in [4.69, 9.17) is 0 Å². The van der Waals surface area contributed by atoms with E-state index < -0.39 is 0 Å². The first-order valence-corrected chi connectivity index (χ1v) is 8.49. The number of benzene rings is 1. The van der Waals surface area contributed by atoms with Crippen LogP contribution in [-0.2, 0) is 6.42 Å². The predicted molar refractivity (Wildman–Crippen MR) is 86.5 cm³/mol. The highest BCUT2D eigenvalue weighted by molar-refractivity contribution is 5.37. The highest BCUT2D eigenvalue weighted by Gasteiger charge is 2.40. The van der Waals surface area contributed by atoms with Crippen molar-refractivity contribution in [1.29, 1.82) is 0 Å². The van der Waals surface area contributed by atoms with Gasteiger partial charge in [0, 0.05) is 37.3 Å². The third-order valence-corrected chi connectivity index (χ3v) is 6.16. The largest absolute Gasteiger partial charge is 0.312 e. The Kier molecular flexibility index (Phi) is 3.52. The molecule has 2 heterocycles. The molecular weight excluding hydrogens is 258 g/mol. The van der Waals surface area contributed by atoms with Gasteiger partial charge in [0.1, 0.15) is 0 Å². The lowest BCUT2D eigenvalue weighted by Gasteiger charge is -2.34. The van der Waals surface area contributed by atoms with Crippen molar-refractivity contribution in [2.45, 2.75) is 49.9 Å². The van der Waals surface area contributed by atoms with Gasteiger partial charge in [0.05, 0.1) is 0 Å². The number of rotatable bonds is 2. The van der Waals surface area contributed by atoms with Crippen LogP contribution in [0.3, 0.4) is 0 Å². The minimum Gasteiger partial charge on any atom is -0.312 e. The number of nitrogens with zero attached hydrogens (tertiary/aromatic N) is 2. The van der Waals surface area contributed by atoms with E-state index in [0.29, 0.717) is 12.1 Å². The van der Waals surface area contributed by atoms with Crippen molar-refractivity contribution in [3.8, 4) is 0 Å². The molecule has 2 saturated heterocycles. The fraction of sp³-hybridized carbons (Fsp3) is 0.667. The SMILES string of the molecule is CNC1c2ccccc2CC1N1CCC2CCC(C1)N2C. The van der Waals surface area contributed by atoms with Crippen LogP contribution in [0.2, 0.25) is 0 Å². The van der Waals surface area contributed by atoms with Gasteiger partial charge in [0.2, 0.25) is 0 Å². The quantitative estimate of drug-likeness (QED) is 0.897. The number of hydrogen-bond acceptors (Lipinski definition) is 3. The van der Waals surface area contributed by atoms with Gasteiger partial charge < -0.3 is 5.32 Å². The van der Waals surface area contributed by atoms with Gasteiger partial charge >= 0.3 is 0 Å². The molecule has 2 fully saturated rings. The second-order valence-corrected chi connectivity index (χ2v) is 7.07. The van der Waals surface area contributed by atoms with Gasteiger partial charge in [-0.15, -0.1) is 0 Å². The minimum atomic E-state index is 0.503. The maximum Gasteiger partial charge on any atom is 0.0481 e. The van der Waals surface area contributed by atoms with E-state index in [1.807, 2.05) is 0 Å². The monoisotopic (exact) mass is 285 g/mol. The molecule has 0 saturated carbocycles. The van der Waals surface area contributed by atoms with Crippen LogP contribution in [-0.4, -0.2) is 55.1 Å². The van der Waals surface area contributed by atoms with Gasteiger partial charge in [0.25, 0.3) is 0 Å². The normalized spacial score (nSPS) is 36.7. The predicted octanol–water partition coefficient (Wildman–Crippen LogP) is 2.04. The van der Waals surface area contributed by atoms with Crippen molar-refractivity contribution < 1.29 is 0 Å². The molecule has 0 spiro atoms. The van der Waals surface area contributed by atoms with Crippen LogP contribution in [0.1, 0.15) is 36.4 Å². The molecule has 3 heteroatoms. The third kappa shape index (κ3) is 2.23. The average Bonchev–Trinajstić information content (AvgIpc) is 2.97. The average molecular weight is 285 g/mol. The summed E-state index contributed by atoms with van der Waals surface area (Å²) in [6.45, 7) is 2.52. The van der Waals surface area contributed by atoms with Crippen molar-refractivity contribution in [1.82, 2.24) is 15.1 Å². The van der Waals surface area contributed by atoms with Crippen molar-refractivity contribution in [3.05, 3.63) is 35.4 Å². The summed E-state index contributed by atoms with van der Waals surface area (Å²) in [6.07, 6.45) is 5.36. The summed E-state index contributed by atoms with van der Waals surface area (Å²) in [6, 6.07) is 11.7. The van der Waals surface area contributed by atoms with E-state index in [0.717, 1.165) is 12.1 Å². The zero-order chi connectivity index (χ0) is 14.4. The summed E-state index contributed by atoms with van der Waals surface area (Å²) in [7, 11) is 4.46. The zero-order valence-corrected chi connectivity index (χ0v) is 13.3. The number of fused-ring (bicyclic) bond motifs is 3. The maximum absolute atomic E-state index is 3.59. The van der Waals surface area contributed by atoms with Gasteiger partial charge in [-0.2, -0.15) is 0 Å². The molecule has 1 aromatic carbocycles. The summed E-state index contributed by atoms with van der Waals surface area (Å²) in [4.78, 5) is 5.43. The van der Waals surface area contributed by atoms with Crippen LogP contribution in [0, 0.1) is 0 Å². The highest BCUT2D eigenvalue weighted by Crippen LogP contribution is 2.37. The molecule has 3 aliphatic rings. The standard InChI is InChI=1S/C18H27N3/c1-19-18-16-6-4-3-5-13(16)11-17(18)21-10-9-14-7-8-15(12-21)20(14)2/h3-6,14-15,17-19H,7-12H2,1-2H3. The molecular formula is C18H27N3. The van der Waals surface area contributed by atoms with E-state index in [-0.39, 0.29) is 0 Å². The summed E-state index contributed by atoms with van der Waals surface area (Å²) in [5.74, 6) is 0. The van der Waals surface area contributed by atoms with Crippen molar-refractivity contribution in [3.63, 3.8) is 0 Å². The smallest absolute Gasteiger partial charge is 0.0481 e. The number of likely N-dealkylation sites (tertiary alicyclic amines) is 1. The Hall–Kier alpha value is -0.900. The van der Waals surface area contributed by atoms with Crippen LogP contribution in [0.5, 0.6) is 0 Å². The van der Waals surface area contributed by atoms with Gasteiger partial charge in [-0.1, -0.05) is 24.3 Å². The Balaban J connectivity index is 1.57. The van der Waals surface area contributed by atoms with E-state index in [2.05, 4.69) is 53.5 Å². The fourth-order valence-electron chi connectivity index (χ4n) is 4.90. The molecule has 114 valence electrons. The third-order valence-electron chi connectivity index (χ3n) is 6.16. The molecule has 1 aromatic rings. The molecule has 0 amide bonds. The van der Waals surface area contributed by atoms with Crippen molar-refractivity contribution in [2.24, 2.45) is 0 Å². The molecule has 1 N–H and O–H groups in total. The summed E-state index contributed by atoms with van der Waals surface area (Å²) in [5, 5.41) is 3.59. The van der Waals surface area contributed by atoms with Crippen LogP contribution in [0.15, 0.2) is 24.3 Å². The van der Waals surface area contributed by atoms with E-state index >= 15 is 0 Å². The number of likely N-dealkylation sites (N-methyl/N-ethyl adjacent to an activating group) is 2. The maximum atomic E-state index is 3.59. The lowest BCUT2D eigenvalue weighted by atomic mass is 10.0. The van der Waals surface area contributed by atoms with Crippen LogP contribution >= 0.6 is 0 Å². The Bertz CT molecular complexity index is 515. The second-order valence-electron chi connectivity index (χ2n) is 7.07. The molecule has 21 heavy (non-hydrogen) atoms. The minimum absolute atomic E-state index is 0.503. The molecule has 2 aliphatic heterocycles. The molecule has 4 unspecified atom stereocenters. The molecule has 4 atom stereocenters.